The van der Waals surface area contributed by atoms with Crippen molar-refractivity contribution in [3.8, 4) is 28.5 Å². The molecule has 0 aliphatic carbocycles. The highest BCUT2D eigenvalue weighted by Crippen LogP contribution is 2.38. The maximum Gasteiger partial charge on any atom is 0.142 e. The summed E-state index contributed by atoms with van der Waals surface area (Å²) in [5.41, 5.74) is 8.57. The zero-order chi connectivity index (χ0) is 18.1. The number of anilines is 1. The van der Waals surface area contributed by atoms with Crippen LogP contribution in [0.1, 0.15) is 5.56 Å². The van der Waals surface area contributed by atoms with E-state index in [9.17, 15) is 5.26 Å². The Hall–Kier alpha value is -1.96. The molecule has 0 saturated carbocycles. The predicted octanol–water partition coefficient (Wildman–Crippen LogP) is 6.48. The van der Waals surface area contributed by atoms with Gasteiger partial charge in [-0.3, -0.25) is 0 Å². The summed E-state index contributed by atoms with van der Waals surface area (Å²) in [5, 5.41) is 11.3. The van der Waals surface area contributed by atoms with Gasteiger partial charge in [-0.05, 0) is 36.4 Å². The van der Waals surface area contributed by atoms with Crippen molar-refractivity contribution < 1.29 is 0 Å². The van der Waals surface area contributed by atoms with Crippen LogP contribution in [0.15, 0.2) is 42.5 Å². The van der Waals surface area contributed by atoms with Gasteiger partial charge in [-0.15, -0.1) is 0 Å². The Morgan fingerprint density at radius 3 is 1.88 bits per heavy atom. The van der Waals surface area contributed by atoms with Crippen molar-refractivity contribution in [3.05, 3.63) is 68.1 Å². The molecular weight excluding hydrogens is 400 g/mol. The monoisotopic (exact) mass is 407 g/mol. The molecule has 1 aromatic heterocycles. The minimum atomic E-state index is 0.0898. The lowest BCUT2D eigenvalue weighted by atomic mass is 9.98. The molecule has 0 spiro atoms. The number of nitrogen functional groups attached to an aromatic ring is 1. The Bertz CT molecular complexity index is 1030. The van der Waals surface area contributed by atoms with E-state index in [2.05, 4.69) is 11.1 Å². The van der Waals surface area contributed by atoms with Crippen molar-refractivity contribution in [1.82, 2.24) is 4.98 Å². The van der Waals surface area contributed by atoms with Gasteiger partial charge in [0.1, 0.15) is 17.5 Å². The van der Waals surface area contributed by atoms with Crippen molar-refractivity contribution in [2.75, 3.05) is 5.73 Å². The molecular formula is C18H9Cl4N3. The molecule has 3 aromatic rings. The second-order valence-corrected chi connectivity index (χ2v) is 6.86. The van der Waals surface area contributed by atoms with Gasteiger partial charge in [0.15, 0.2) is 0 Å². The first-order valence-electron chi connectivity index (χ1n) is 7.02. The molecule has 124 valence electrons. The highest BCUT2D eigenvalue weighted by Gasteiger charge is 2.17. The van der Waals surface area contributed by atoms with E-state index < -0.39 is 0 Å². The van der Waals surface area contributed by atoms with Gasteiger partial charge in [-0.2, -0.15) is 5.26 Å². The highest BCUT2D eigenvalue weighted by molar-refractivity contribution is 6.37. The van der Waals surface area contributed by atoms with Crippen LogP contribution in [-0.2, 0) is 0 Å². The van der Waals surface area contributed by atoms with Gasteiger partial charge in [-0.25, -0.2) is 4.98 Å². The van der Waals surface area contributed by atoms with E-state index in [0.29, 0.717) is 42.5 Å². The number of nitrogens with zero attached hydrogens (tertiary/aromatic N) is 2. The zero-order valence-corrected chi connectivity index (χ0v) is 15.5. The van der Waals surface area contributed by atoms with Crippen molar-refractivity contribution in [3.63, 3.8) is 0 Å². The molecule has 3 nitrogen and oxygen atoms in total. The molecule has 2 aromatic carbocycles. The number of pyridine rings is 1. The van der Waals surface area contributed by atoms with E-state index in [0.717, 1.165) is 0 Å². The van der Waals surface area contributed by atoms with Gasteiger partial charge >= 0.3 is 0 Å². The van der Waals surface area contributed by atoms with Crippen LogP contribution in [0.5, 0.6) is 0 Å². The number of hydrogen-bond donors (Lipinski definition) is 1. The first kappa shape index (κ1) is 17.8. The molecule has 0 amide bonds. The summed E-state index contributed by atoms with van der Waals surface area (Å²) >= 11 is 24.5. The lowest BCUT2D eigenvalue weighted by Crippen LogP contribution is -2.00. The summed E-state index contributed by atoms with van der Waals surface area (Å²) in [7, 11) is 0. The van der Waals surface area contributed by atoms with Crippen molar-refractivity contribution in [2.24, 2.45) is 0 Å². The van der Waals surface area contributed by atoms with E-state index in [1.165, 1.54) is 0 Å². The van der Waals surface area contributed by atoms with E-state index >= 15 is 0 Å². The van der Waals surface area contributed by atoms with Crippen molar-refractivity contribution >= 4 is 52.2 Å². The third-order valence-corrected chi connectivity index (χ3v) is 4.68. The smallest absolute Gasteiger partial charge is 0.142 e. The number of aromatic nitrogens is 1. The minimum Gasteiger partial charge on any atom is -0.383 e. The van der Waals surface area contributed by atoms with E-state index in [-0.39, 0.29) is 11.4 Å². The van der Waals surface area contributed by atoms with Crippen LogP contribution >= 0.6 is 46.4 Å². The lowest BCUT2D eigenvalue weighted by Gasteiger charge is -2.12. The van der Waals surface area contributed by atoms with Crippen molar-refractivity contribution in [2.45, 2.75) is 0 Å². The molecule has 0 saturated heterocycles. The number of nitriles is 1. The second kappa shape index (κ2) is 7.11. The third kappa shape index (κ3) is 3.53. The van der Waals surface area contributed by atoms with Gasteiger partial charge < -0.3 is 5.73 Å². The first-order valence-corrected chi connectivity index (χ1v) is 8.53. The van der Waals surface area contributed by atoms with Gasteiger partial charge in [0.2, 0.25) is 0 Å². The van der Waals surface area contributed by atoms with Crippen molar-refractivity contribution in [1.29, 1.82) is 5.26 Å². The van der Waals surface area contributed by atoms with Gasteiger partial charge in [0.05, 0.1) is 10.7 Å². The Balaban J connectivity index is 2.28. The zero-order valence-electron chi connectivity index (χ0n) is 12.5. The highest BCUT2D eigenvalue weighted by atomic mass is 35.5. The molecule has 0 aliphatic heterocycles. The lowest BCUT2D eigenvalue weighted by molar-refractivity contribution is 1.31. The Labute approximate surface area is 164 Å². The van der Waals surface area contributed by atoms with Crippen LogP contribution in [-0.4, -0.2) is 4.98 Å². The Kier molecular flexibility index (Phi) is 5.08. The minimum absolute atomic E-state index is 0.0898. The molecule has 0 bridgehead atoms. The van der Waals surface area contributed by atoms with Crippen LogP contribution in [0, 0.1) is 11.3 Å². The average molecular weight is 409 g/mol. The Morgan fingerprint density at radius 2 is 1.36 bits per heavy atom. The number of halogens is 4. The summed E-state index contributed by atoms with van der Waals surface area (Å²) in [5.74, 6) is 0.0898. The molecule has 0 atom stereocenters. The number of rotatable bonds is 2. The maximum absolute atomic E-state index is 9.48. The molecule has 3 rings (SSSR count). The standard InChI is InChI=1S/C18H9Cl4N3/c19-9-1-3-11(15(21)5-9)13-7-17(25-18(24)14(13)8-23)12-4-2-10(20)6-16(12)22/h1-7H,(H2,24,25). The fourth-order valence-corrected chi connectivity index (χ4v) is 3.45. The van der Waals surface area contributed by atoms with E-state index in [1.807, 2.05) is 0 Å². The summed E-state index contributed by atoms with van der Waals surface area (Å²) in [6, 6.07) is 13.9. The van der Waals surface area contributed by atoms with Crippen LogP contribution < -0.4 is 5.73 Å². The van der Waals surface area contributed by atoms with Crippen LogP contribution in [0.3, 0.4) is 0 Å². The molecule has 0 radical (unpaired) electrons. The third-order valence-electron chi connectivity index (χ3n) is 3.59. The normalized spacial score (nSPS) is 10.5. The van der Waals surface area contributed by atoms with Crippen LogP contribution in [0.2, 0.25) is 20.1 Å². The second-order valence-electron chi connectivity index (χ2n) is 5.18. The molecule has 0 fully saturated rings. The Morgan fingerprint density at radius 1 is 0.800 bits per heavy atom. The quantitative estimate of drug-likeness (QED) is 0.527. The SMILES string of the molecule is N#Cc1c(-c2ccc(Cl)cc2Cl)cc(-c2ccc(Cl)cc2Cl)nc1N. The van der Waals surface area contributed by atoms with Crippen LogP contribution in [0.25, 0.3) is 22.4 Å². The fraction of sp³-hybridized carbons (Fsp3) is 0. The summed E-state index contributed by atoms with van der Waals surface area (Å²) in [6.45, 7) is 0. The molecule has 0 aliphatic rings. The van der Waals surface area contributed by atoms with Crippen LogP contribution in [0.4, 0.5) is 5.82 Å². The van der Waals surface area contributed by atoms with E-state index in [4.69, 9.17) is 52.1 Å². The molecule has 0 unspecified atom stereocenters. The molecule has 1 heterocycles. The summed E-state index contributed by atoms with van der Waals surface area (Å²) in [6.07, 6.45) is 0. The summed E-state index contributed by atoms with van der Waals surface area (Å²) < 4.78 is 0. The average Bonchev–Trinajstić information content (AvgIpc) is 2.54. The van der Waals surface area contributed by atoms with Gasteiger partial charge in [0, 0.05) is 31.8 Å². The largest absolute Gasteiger partial charge is 0.383 e. The molecule has 25 heavy (non-hydrogen) atoms. The van der Waals surface area contributed by atoms with E-state index in [1.54, 1.807) is 42.5 Å². The number of benzene rings is 2. The topological polar surface area (TPSA) is 62.7 Å². The first-order chi connectivity index (χ1) is 11.9. The van der Waals surface area contributed by atoms with Gasteiger partial charge in [0.25, 0.3) is 0 Å². The summed E-state index contributed by atoms with van der Waals surface area (Å²) in [4.78, 5) is 4.30. The number of nitrogens with two attached hydrogens (primary N) is 1. The molecule has 2 N–H and O–H groups in total. The fourth-order valence-electron chi connectivity index (χ4n) is 2.44. The number of hydrogen-bond acceptors (Lipinski definition) is 3. The molecule has 7 heteroatoms. The predicted molar refractivity (Wildman–Crippen MR) is 104 cm³/mol. The van der Waals surface area contributed by atoms with Gasteiger partial charge in [-0.1, -0.05) is 52.5 Å². The maximum atomic E-state index is 9.48.